The van der Waals surface area contributed by atoms with Crippen molar-refractivity contribution in [2.75, 3.05) is 5.32 Å². The zero-order valence-corrected chi connectivity index (χ0v) is 12.6. The van der Waals surface area contributed by atoms with Crippen LogP contribution in [0.1, 0.15) is 31.3 Å². The molecular weight excluding hydrogens is 309 g/mol. The van der Waals surface area contributed by atoms with Crippen LogP contribution in [0.3, 0.4) is 0 Å². The fraction of sp³-hybridized carbons (Fsp3) is 0.333. The Morgan fingerprint density at radius 3 is 2.52 bits per heavy atom. The number of imidazole rings is 1. The third kappa shape index (κ3) is 4.24. The summed E-state index contributed by atoms with van der Waals surface area (Å²) >= 11 is 0. The van der Waals surface area contributed by atoms with Crippen molar-refractivity contribution in [3.63, 3.8) is 0 Å². The summed E-state index contributed by atoms with van der Waals surface area (Å²) < 4.78 is 38.8. The summed E-state index contributed by atoms with van der Waals surface area (Å²) in [6.07, 6.45) is -1.38. The van der Waals surface area contributed by atoms with Crippen molar-refractivity contribution in [3.05, 3.63) is 48.0 Å². The van der Waals surface area contributed by atoms with Crippen molar-refractivity contribution < 1.29 is 18.0 Å². The molecule has 0 fully saturated rings. The predicted octanol–water partition coefficient (Wildman–Crippen LogP) is 3.95. The first-order chi connectivity index (χ1) is 10.8. The number of benzene rings is 1. The molecule has 2 rings (SSSR count). The van der Waals surface area contributed by atoms with E-state index in [0.29, 0.717) is 5.82 Å². The molecule has 0 spiro atoms. The number of nitrogens with zero attached hydrogens (tertiary/aromatic N) is 1. The monoisotopic (exact) mass is 326 g/mol. The van der Waals surface area contributed by atoms with Crippen LogP contribution < -0.4 is 10.6 Å². The highest BCUT2D eigenvalue weighted by Crippen LogP contribution is 2.34. The standard InChI is InChI=1S/C15H17F3N4O/c1-9(2)12(13-19-7-8-20-13)22-14(23)21-11-6-4-3-5-10(11)15(16,17)18/h3-9,12H,1-2H3,(H,19,20)(H2,21,22,23)/t12-/m0/s1. The number of carbonyl (C=O) groups is 1. The first-order valence-corrected chi connectivity index (χ1v) is 7.02. The average Bonchev–Trinajstić information content (AvgIpc) is 2.97. The molecule has 0 unspecified atom stereocenters. The lowest BCUT2D eigenvalue weighted by molar-refractivity contribution is -0.136. The van der Waals surface area contributed by atoms with E-state index < -0.39 is 23.8 Å². The van der Waals surface area contributed by atoms with Crippen molar-refractivity contribution in [2.45, 2.75) is 26.1 Å². The van der Waals surface area contributed by atoms with Crippen LogP contribution in [0.15, 0.2) is 36.7 Å². The number of alkyl halides is 3. The predicted molar refractivity (Wildman–Crippen MR) is 79.8 cm³/mol. The molecule has 0 saturated heterocycles. The van der Waals surface area contributed by atoms with Gasteiger partial charge in [0, 0.05) is 12.4 Å². The summed E-state index contributed by atoms with van der Waals surface area (Å²) in [6.45, 7) is 3.74. The number of amides is 2. The van der Waals surface area contributed by atoms with Crippen LogP contribution >= 0.6 is 0 Å². The number of H-pyrrole nitrogens is 1. The Balaban J connectivity index is 2.14. The maximum atomic E-state index is 12.9. The summed E-state index contributed by atoms with van der Waals surface area (Å²) in [5, 5.41) is 4.89. The topological polar surface area (TPSA) is 69.8 Å². The Hall–Kier alpha value is -2.51. The van der Waals surface area contributed by atoms with Crippen LogP contribution in [-0.2, 0) is 6.18 Å². The highest BCUT2D eigenvalue weighted by Gasteiger charge is 2.33. The van der Waals surface area contributed by atoms with Crippen molar-refractivity contribution in [1.82, 2.24) is 15.3 Å². The van der Waals surface area contributed by atoms with Crippen LogP contribution in [0.5, 0.6) is 0 Å². The van der Waals surface area contributed by atoms with Gasteiger partial charge >= 0.3 is 12.2 Å². The number of hydrogen-bond donors (Lipinski definition) is 3. The van der Waals surface area contributed by atoms with Crippen LogP contribution in [-0.4, -0.2) is 16.0 Å². The number of hydrogen-bond acceptors (Lipinski definition) is 2. The molecule has 0 bridgehead atoms. The lowest BCUT2D eigenvalue weighted by atomic mass is 10.0. The van der Waals surface area contributed by atoms with Crippen LogP contribution in [0.25, 0.3) is 0 Å². The quantitative estimate of drug-likeness (QED) is 0.796. The maximum absolute atomic E-state index is 12.9. The van der Waals surface area contributed by atoms with E-state index in [4.69, 9.17) is 0 Å². The molecule has 0 aliphatic heterocycles. The average molecular weight is 326 g/mol. The van der Waals surface area contributed by atoms with E-state index in [1.165, 1.54) is 18.2 Å². The van der Waals surface area contributed by atoms with Gasteiger partial charge in [-0.3, -0.25) is 0 Å². The second-order valence-corrected chi connectivity index (χ2v) is 5.34. The molecule has 3 N–H and O–H groups in total. The molecule has 1 aromatic heterocycles. The molecule has 2 amide bonds. The molecule has 1 heterocycles. The summed E-state index contributed by atoms with van der Waals surface area (Å²) in [5.74, 6) is 0.545. The molecule has 2 aromatic rings. The zero-order chi connectivity index (χ0) is 17.0. The van der Waals surface area contributed by atoms with E-state index in [1.807, 2.05) is 13.8 Å². The number of carbonyl (C=O) groups excluding carboxylic acids is 1. The number of para-hydroxylation sites is 1. The molecule has 0 aliphatic rings. The zero-order valence-electron chi connectivity index (χ0n) is 12.6. The lowest BCUT2D eigenvalue weighted by Gasteiger charge is -2.21. The number of urea groups is 1. The molecule has 0 radical (unpaired) electrons. The maximum Gasteiger partial charge on any atom is 0.418 e. The fourth-order valence-corrected chi connectivity index (χ4v) is 2.14. The molecular formula is C15H17F3N4O. The van der Waals surface area contributed by atoms with Gasteiger partial charge in [0.25, 0.3) is 0 Å². The minimum absolute atomic E-state index is 0.00441. The van der Waals surface area contributed by atoms with Gasteiger partial charge in [0.2, 0.25) is 0 Å². The number of rotatable bonds is 4. The van der Waals surface area contributed by atoms with Crippen LogP contribution in [0, 0.1) is 5.92 Å². The summed E-state index contributed by atoms with van der Waals surface area (Å²) in [7, 11) is 0. The van der Waals surface area contributed by atoms with E-state index in [1.54, 1.807) is 12.4 Å². The van der Waals surface area contributed by atoms with Gasteiger partial charge in [0.15, 0.2) is 0 Å². The Morgan fingerprint density at radius 1 is 1.26 bits per heavy atom. The molecule has 23 heavy (non-hydrogen) atoms. The minimum atomic E-state index is -4.54. The van der Waals surface area contributed by atoms with Crippen molar-refractivity contribution >= 4 is 11.7 Å². The number of anilines is 1. The van der Waals surface area contributed by atoms with Crippen molar-refractivity contribution in [2.24, 2.45) is 5.92 Å². The van der Waals surface area contributed by atoms with E-state index in [-0.39, 0.29) is 11.6 Å². The van der Waals surface area contributed by atoms with Gasteiger partial charge in [-0.1, -0.05) is 26.0 Å². The number of nitrogens with one attached hydrogen (secondary N) is 3. The van der Waals surface area contributed by atoms with E-state index in [9.17, 15) is 18.0 Å². The second-order valence-electron chi connectivity index (χ2n) is 5.34. The fourth-order valence-electron chi connectivity index (χ4n) is 2.14. The van der Waals surface area contributed by atoms with Gasteiger partial charge in [-0.25, -0.2) is 9.78 Å². The van der Waals surface area contributed by atoms with Crippen molar-refractivity contribution in [1.29, 1.82) is 0 Å². The number of aromatic nitrogens is 2. The van der Waals surface area contributed by atoms with E-state index in [0.717, 1.165) is 6.07 Å². The number of halogens is 3. The Bertz CT molecular complexity index is 653. The van der Waals surface area contributed by atoms with E-state index >= 15 is 0 Å². The van der Waals surface area contributed by atoms with Gasteiger partial charge in [0.05, 0.1) is 17.3 Å². The highest BCUT2D eigenvalue weighted by atomic mass is 19.4. The lowest BCUT2D eigenvalue weighted by Crippen LogP contribution is -2.36. The van der Waals surface area contributed by atoms with Gasteiger partial charge < -0.3 is 15.6 Å². The SMILES string of the molecule is CC(C)[C@H](NC(=O)Nc1ccccc1C(F)(F)F)c1ncc[nH]1. The van der Waals surface area contributed by atoms with Gasteiger partial charge in [0.1, 0.15) is 5.82 Å². The highest BCUT2D eigenvalue weighted by molar-refractivity contribution is 5.90. The molecule has 0 saturated carbocycles. The molecule has 124 valence electrons. The van der Waals surface area contributed by atoms with Crippen LogP contribution in [0.4, 0.5) is 23.7 Å². The summed E-state index contributed by atoms with van der Waals surface area (Å²) in [5.41, 5.74) is -1.19. The molecule has 5 nitrogen and oxygen atoms in total. The summed E-state index contributed by atoms with van der Waals surface area (Å²) in [4.78, 5) is 19.0. The smallest absolute Gasteiger partial charge is 0.347 e. The molecule has 8 heteroatoms. The first-order valence-electron chi connectivity index (χ1n) is 7.02. The molecule has 0 aliphatic carbocycles. The Kier molecular flexibility index (Phi) is 4.92. The minimum Gasteiger partial charge on any atom is -0.347 e. The second kappa shape index (κ2) is 6.72. The van der Waals surface area contributed by atoms with Gasteiger partial charge in [-0.15, -0.1) is 0 Å². The first kappa shape index (κ1) is 16.9. The Morgan fingerprint density at radius 2 is 1.96 bits per heavy atom. The van der Waals surface area contributed by atoms with Gasteiger partial charge in [-0.05, 0) is 18.1 Å². The third-order valence-electron chi connectivity index (χ3n) is 3.25. The third-order valence-corrected chi connectivity index (χ3v) is 3.25. The van der Waals surface area contributed by atoms with Gasteiger partial charge in [-0.2, -0.15) is 13.2 Å². The Labute approximate surface area is 131 Å². The van der Waals surface area contributed by atoms with Crippen LogP contribution in [0.2, 0.25) is 0 Å². The normalized spacial score (nSPS) is 13.0. The molecule has 1 atom stereocenters. The molecule has 1 aromatic carbocycles. The largest absolute Gasteiger partial charge is 0.418 e. The summed E-state index contributed by atoms with van der Waals surface area (Å²) in [6, 6.07) is 3.66. The number of aromatic amines is 1. The van der Waals surface area contributed by atoms with E-state index in [2.05, 4.69) is 20.6 Å². The van der Waals surface area contributed by atoms with Crippen molar-refractivity contribution in [3.8, 4) is 0 Å².